The normalized spacial score (nSPS) is 11.2. The molecule has 0 unspecified atom stereocenters. The Labute approximate surface area is 139 Å². The number of esters is 1. The number of nitrogens with zero attached hydrogens (tertiary/aromatic N) is 1. The molecule has 136 valence electrons. The predicted octanol–water partition coefficient (Wildman–Crippen LogP) is 0.970. The summed E-state index contributed by atoms with van der Waals surface area (Å²) >= 11 is 0. The Balaban J connectivity index is 3.31. The van der Waals surface area contributed by atoms with Crippen molar-refractivity contribution in [1.29, 1.82) is 0 Å². The molecule has 1 amide bonds. The first-order valence-electron chi connectivity index (χ1n) is 6.69. The van der Waals surface area contributed by atoms with Gasteiger partial charge in [-0.15, -0.1) is 5.12 Å². The molecule has 0 aliphatic rings. The molecule has 0 aromatic heterocycles. The number of benzene rings is 1. The maximum absolute atomic E-state index is 13.8. The molecule has 25 heavy (non-hydrogen) atoms. The molecule has 0 fully saturated rings. The number of amides is 1. The van der Waals surface area contributed by atoms with Crippen LogP contribution < -0.4 is 10.9 Å². The molecular weight excluding hydrogens is 350 g/mol. The van der Waals surface area contributed by atoms with Crippen molar-refractivity contribution in [3.05, 3.63) is 46.7 Å². The molecular formula is C14H13F4N3O4. The van der Waals surface area contributed by atoms with Crippen molar-refractivity contribution < 1.29 is 36.7 Å². The lowest BCUT2D eigenvalue weighted by Gasteiger charge is -2.15. The van der Waals surface area contributed by atoms with Crippen molar-refractivity contribution >= 4 is 18.2 Å². The minimum absolute atomic E-state index is 0.122. The van der Waals surface area contributed by atoms with E-state index in [0.29, 0.717) is 0 Å². The highest BCUT2D eigenvalue weighted by Crippen LogP contribution is 2.21. The van der Waals surface area contributed by atoms with Crippen molar-refractivity contribution in [3.63, 3.8) is 0 Å². The van der Waals surface area contributed by atoms with E-state index in [9.17, 15) is 31.9 Å². The number of hydrogen-bond acceptors (Lipinski definition) is 6. The molecule has 0 aliphatic carbocycles. The number of hydrogen-bond donors (Lipinski definition) is 2. The summed E-state index contributed by atoms with van der Waals surface area (Å²) in [7, 11) is 1.27. The summed E-state index contributed by atoms with van der Waals surface area (Å²) in [6, 6.07) is 0.122. The van der Waals surface area contributed by atoms with Gasteiger partial charge in [0.05, 0.1) is 12.2 Å². The third kappa shape index (κ3) is 4.76. The van der Waals surface area contributed by atoms with Crippen LogP contribution in [0.25, 0.3) is 0 Å². The molecule has 7 nitrogen and oxygen atoms in total. The first-order chi connectivity index (χ1) is 11.7. The van der Waals surface area contributed by atoms with E-state index in [1.807, 2.05) is 0 Å². The number of ether oxygens (including phenoxy) is 1. The van der Waals surface area contributed by atoms with Gasteiger partial charge in [0, 0.05) is 13.2 Å². The molecule has 1 aromatic rings. The Hall–Kier alpha value is -2.95. The Morgan fingerprint density at radius 1 is 1.16 bits per heavy atom. The van der Waals surface area contributed by atoms with Crippen LogP contribution in [0.5, 0.6) is 0 Å². The van der Waals surface area contributed by atoms with Crippen LogP contribution in [-0.4, -0.2) is 36.9 Å². The quantitative estimate of drug-likeness (QED) is 0.0684. The third-order valence-corrected chi connectivity index (χ3v) is 2.74. The van der Waals surface area contributed by atoms with E-state index in [4.69, 9.17) is 0 Å². The molecule has 1 aromatic carbocycles. The fourth-order valence-corrected chi connectivity index (χ4v) is 1.59. The largest absolute Gasteiger partial charge is 0.462 e. The maximum atomic E-state index is 13.8. The van der Waals surface area contributed by atoms with E-state index in [2.05, 4.69) is 15.6 Å². The summed E-state index contributed by atoms with van der Waals surface area (Å²) < 4.78 is 57.9. The highest BCUT2D eigenvalue weighted by Gasteiger charge is 2.28. The van der Waals surface area contributed by atoms with Crippen molar-refractivity contribution in [2.45, 2.75) is 6.92 Å². The van der Waals surface area contributed by atoms with E-state index in [0.717, 1.165) is 11.3 Å². The molecule has 0 aliphatic heterocycles. The number of carbonyl (C=O) groups excluding carboxylic acids is 3. The summed E-state index contributed by atoms with van der Waals surface area (Å²) in [4.78, 5) is 34.4. The molecule has 0 heterocycles. The van der Waals surface area contributed by atoms with Crippen LogP contribution in [0, 0.1) is 23.3 Å². The average molecular weight is 363 g/mol. The van der Waals surface area contributed by atoms with Gasteiger partial charge in [-0.2, -0.15) is 0 Å². The van der Waals surface area contributed by atoms with E-state index < -0.39 is 46.2 Å². The molecule has 0 spiro atoms. The predicted molar refractivity (Wildman–Crippen MR) is 75.4 cm³/mol. The lowest BCUT2D eigenvalue weighted by Crippen LogP contribution is -2.42. The molecule has 0 saturated heterocycles. The number of rotatable bonds is 8. The molecule has 0 bridgehead atoms. The second-order valence-electron chi connectivity index (χ2n) is 4.39. The van der Waals surface area contributed by atoms with Gasteiger partial charge in [-0.25, -0.2) is 22.4 Å². The topological polar surface area (TPSA) is 87.7 Å². The number of carbonyl (C=O) groups is 3. The van der Waals surface area contributed by atoms with Crippen LogP contribution in [0.15, 0.2) is 17.8 Å². The summed E-state index contributed by atoms with van der Waals surface area (Å²) in [6.45, 7) is 1.27. The van der Waals surface area contributed by atoms with Gasteiger partial charge in [0.15, 0.2) is 23.3 Å². The van der Waals surface area contributed by atoms with E-state index in [-0.39, 0.29) is 19.1 Å². The number of Topliss-reactive ketones (excluding diaryl/α,β-unsaturated/α-hetero) is 1. The number of nitrogens with one attached hydrogen (secondary N) is 2. The van der Waals surface area contributed by atoms with E-state index in [1.165, 1.54) is 14.0 Å². The number of hydrazine groups is 2. The minimum atomic E-state index is -2.20. The van der Waals surface area contributed by atoms with Gasteiger partial charge in [0.1, 0.15) is 5.57 Å². The van der Waals surface area contributed by atoms with Crippen LogP contribution in [0.2, 0.25) is 0 Å². The van der Waals surface area contributed by atoms with Gasteiger partial charge in [0.2, 0.25) is 12.2 Å². The Morgan fingerprint density at radius 3 is 2.36 bits per heavy atom. The van der Waals surface area contributed by atoms with Crippen molar-refractivity contribution in [2.75, 3.05) is 13.7 Å². The third-order valence-electron chi connectivity index (χ3n) is 2.74. The minimum Gasteiger partial charge on any atom is -0.462 e. The van der Waals surface area contributed by atoms with Crippen molar-refractivity contribution in [3.8, 4) is 0 Å². The van der Waals surface area contributed by atoms with Gasteiger partial charge in [-0.05, 0) is 13.0 Å². The Morgan fingerprint density at radius 2 is 1.80 bits per heavy atom. The number of halogens is 4. The van der Waals surface area contributed by atoms with E-state index >= 15 is 0 Å². The summed E-state index contributed by atoms with van der Waals surface area (Å²) in [5, 5.41) is 0.904. The molecule has 11 heteroatoms. The first kappa shape index (κ1) is 20.1. The van der Waals surface area contributed by atoms with Crippen LogP contribution in [-0.2, 0) is 14.3 Å². The van der Waals surface area contributed by atoms with Crippen molar-refractivity contribution in [1.82, 2.24) is 16.0 Å². The molecule has 0 atom stereocenters. The Bertz CT molecular complexity index is 725. The fourth-order valence-electron chi connectivity index (χ4n) is 1.59. The highest BCUT2D eigenvalue weighted by molar-refractivity contribution is 6.24. The summed E-state index contributed by atoms with van der Waals surface area (Å²) in [6.07, 6.45) is 0.979. The van der Waals surface area contributed by atoms with Crippen LogP contribution in [0.4, 0.5) is 17.6 Å². The first-order valence-corrected chi connectivity index (χ1v) is 6.69. The monoisotopic (exact) mass is 363 g/mol. The van der Waals surface area contributed by atoms with Crippen LogP contribution in [0.3, 0.4) is 0 Å². The molecule has 1 rings (SSSR count). The lowest BCUT2D eigenvalue weighted by atomic mass is 10.0. The molecule has 2 N–H and O–H groups in total. The highest BCUT2D eigenvalue weighted by atomic mass is 19.2. The summed E-state index contributed by atoms with van der Waals surface area (Å²) in [5.74, 6) is -10.7. The standard InChI is InChI=1S/C14H13F4N3O4/c1-3-25-14(24)8(5-19-21(2)20-6-22)13(23)7-4-9(15)11(17)12(18)10(7)16/h4-6,19H,3H2,1-2H3,(H,20,22)/b8-5-. The van der Waals surface area contributed by atoms with Gasteiger partial charge in [-0.1, -0.05) is 0 Å². The van der Waals surface area contributed by atoms with Crippen LogP contribution >= 0.6 is 0 Å². The van der Waals surface area contributed by atoms with Crippen LogP contribution in [0.1, 0.15) is 17.3 Å². The maximum Gasteiger partial charge on any atom is 0.343 e. The molecule has 0 radical (unpaired) electrons. The molecule has 0 saturated carbocycles. The second kappa shape index (κ2) is 8.78. The zero-order chi connectivity index (χ0) is 19.1. The van der Waals surface area contributed by atoms with Gasteiger partial charge in [-0.3, -0.25) is 15.0 Å². The smallest absolute Gasteiger partial charge is 0.343 e. The summed E-state index contributed by atoms with van der Waals surface area (Å²) in [5.41, 5.74) is 2.29. The van der Waals surface area contributed by atoms with Gasteiger partial charge >= 0.3 is 5.97 Å². The zero-order valence-corrected chi connectivity index (χ0v) is 13.0. The SMILES string of the molecule is CCOC(=O)/C(=C\NN(C)NC=O)C(=O)c1cc(F)c(F)c(F)c1F. The van der Waals surface area contributed by atoms with Gasteiger partial charge in [0.25, 0.3) is 0 Å². The van der Waals surface area contributed by atoms with Crippen molar-refractivity contribution in [2.24, 2.45) is 0 Å². The average Bonchev–Trinajstić information content (AvgIpc) is 2.56. The fraction of sp³-hybridized carbons (Fsp3) is 0.214. The zero-order valence-electron chi connectivity index (χ0n) is 13.0. The van der Waals surface area contributed by atoms with E-state index in [1.54, 1.807) is 0 Å². The second-order valence-corrected chi connectivity index (χ2v) is 4.39. The van der Waals surface area contributed by atoms with Gasteiger partial charge < -0.3 is 10.2 Å². The lowest BCUT2D eigenvalue weighted by molar-refractivity contribution is -0.138. The number of ketones is 1. The Kier molecular flexibility index (Phi) is 7.06.